The van der Waals surface area contributed by atoms with Crippen molar-refractivity contribution < 1.29 is 14.0 Å². The molecule has 4 rings (SSSR count). The summed E-state index contributed by atoms with van der Waals surface area (Å²) in [5, 5.41) is 10.3. The summed E-state index contributed by atoms with van der Waals surface area (Å²) in [6.07, 6.45) is 3.13. The molecule has 2 heterocycles. The van der Waals surface area contributed by atoms with Gasteiger partial charge in [0.2, 0.25) is 5.91 Å². The van der Waals surface area contributed by atoms with Gasteiger partial charge in [0.25, 0.3) is 5.91 Å². The Morgan fingerprint density at radius 3 is 2.37 bits per heavy atom. The third kappa shape index (κ3) is 3.29. The van der Waals surface area contributed by atoms with Crippen molar-refractivity contribution in [3.05, 3.63) is 78.1 Å². The van der Waals surface area contributed by atoms with Crippen LogP contribution in [0, 0.1) is 5.82 Å². The van der Waals surface area contributed by atoms with Gasteiger partial charge in [0.1, 0.15) is 24.5 Å². The highest BCUT2D eigenvalue weighted by molar-refractivity contribution is 5.98. The molecule has 1 unspecified atom stereocenters. The predicted octanol–water partition coefficient (Wildman–Crippen LogP) is 1.72. The first-order chi connectivity index (χ1) is 13.1. The van der Waals surface area contributed by atoms with Gasteiger partial charge in [-0.15, -0.1) is 10.2 Å². The fraction of sp³-hybridized carbons (Fsp3) is 0.158. The van der Waals surface area contributed by atoms with Crippen molar-refractivity contribution in [3.8, 4) is 5.69 Å². The van der Waals surface area contributed by atoms with Crippen LogP contribution in [-0.4, -0.2) is 44.6 Å². The minimum Gasteiger partial charge on any atom is -0.352 e. The Labute approximate surface area is 154 Å². The van der Waals surface area contributed by atoms with Gasteiger partial charge < -0.3 is 10.2 Å². The van der Waals surface area contributed by atoms with Crippen molar-refractivity contribution >= 4 is 11.8 Å². The summed E-state index contributed by atoms with van der Waals surface area (Å²) in [4.78, 5) is 27.0. The third-order valence-corrected chi connectivity index (χ3v) is 4.49. The average Bonchev–Trinajstić information content (AvgIpc) is 3.23. The van der Waals surface area contributed by atoms with Crippen molar-refractivity contribution in [2.75, 3.05) is 13.1 Å². The van der Waals surface area contributed by atoms with Gasteiger partial charge in [-0.3, -0.25) is 14.2 Å². The van der Waals surface area contributed by atoms with Crippen LogP contribution in [0.25, 0.3) is 5.69 Å². The topological polar surface area (TPSA) is 80.1 Å². The number of carbonyl (C=O) groups excluding carboxylic acids is 2. The van der Waals surface area contributed by atoms with E-state index in [1.165, 1.54) is 29.2 Å². The van der Waals surface area contributed by atoms with Crippen LogP contribution >= 0.6 is 0 Å². The summed E-state index contributed by atoms with van der Waals surface area (Å²) in [5.41, 5.74) is 1.86. The minimum atomic E-state index is -0.788. The molecule has 0 spiro atoms. The first-order valence-electron chi connectivity index (χ1n) is 8.43. The van der Waals surface area contributed by atoms with Crippen molar-refractivity contribution in [1.29, 1.82) is 0 Å². The van der Waals surface area contributed by atoms with Crippen LogP contribution in [0.1, 0.15) is 22.0 Å². The van der Waals surface area contributed by atoms with Gasteiger partial charge in [0, 0.05) is 24.3 Å². The van der Waals surface area contributed by atoms with Crippen LogP contribution in [0.2, 0.25) is 0 Å². The van der Waals surface area contributed by atoms with Crippen molar-refractivity contribution in [1.82, 2.24) is 25.0 Å². The Kier molecular flexibility index (Phi) is 4.37. The standard InChI is InChI=1S/C19H16FN5O2/c20-15-5-1-13(2-6-15)17-18(26)21-9-10-25(17)19(27)14-3-7-16(8-4-14)24-11-22-23-12-24/h1-8,11-12,17H,9-10H2,(H,21,26). The Morgan fingerprint density at radius 1 is 1.04 bits per heavy atom. The fourth-order valence-electron chi connectivity index (χ4n) is 3.14. The monoisotopic (exact) mass is 365 g/mol. The van der Waals surface area contributed by atoms with E-state index in [1.54, 1.807) is 41.5 Å². The number of amides is 2. The molecule has 8 heteroatoms. The van der Waals surface area contributed by atoms with Gasteiger partial charge in [-0.1, -0.05) is 12.1 Å². The van der Waals surface area contributed by atoms with E-state index < -0.39 is 11.9 Å². The molecule has 1 aliphatic rings. The molecular formula is C19H16FN5O2. The Balaban J connectivity index is 1.62. The quantitative estimate of drug-likeness (QED) is 0.766. The maximum atomic E-state index is 13.2. The lowest BCUT2D eigenvalue weighted by molar-refractivity contribution is -0.128. The number of carbonyl (C=O) groups is 2. The van der Waals surface area contributed by atoms with E-state index in [0.717, 1.165) is 5.69 Å². The summed E-state index contributed by atoms with van der Waals surface area (Å²) in [5.74, 6) is -0.922. The number of hydrogen-bond acceptors (Lipinski definition) is 4. The molecule has 1 atom stereocenters. The van der Waals surface area contributed by atoms with E-state index in [9.17, 15) is 14.0 Å². The molecule has 1 aliphatic heterocycles. The van der Waals surface area contributed by atoms with E-state index in [-0.39, 0.29) is 11.8 Å². The summed E-state index contributed by atoms with van der Waals surface area (Å²) in [6, 6.07) is 11.8. The molecular weight excluding hydrogens is 349 g/mol. The second kappa shape index (κ2) is 6.99. The molecule has 2 aromatic carbocycles. The Morgan fingerprint density at radius 2 is 1.70 bits per heavy atom. The third-order valence-electron chi connectivity index (χ3n) is 4.49. The van der Waals surface area contributed by atoms with Gasteiger partial charge in [-0.2, -0.15) is 0 Å². The van der Waals surface area contributed by atoms with E-state index >= 15 is 0 Å². The summed E-state index contributed by atoms with van der Waals surface area (Å²) >= 11 is 0. The predicted molar refractivity (Wildman–Crippen MR) is 94.5 cm³/mol. The molecule has 0 bridgehead atoms. The molecule has 7 nitrogen and oxygen atoms in total. The second-order valence-corrected chi connectivity index (χ2v) is 6.16. The van der Waals surface area contributed by atoms with Gasteiger partial charge in [-0.25, -0.2) is 4.39 Å². The molecule has 0 saturated carbocycles. The highest BCUT2D eigenvalue weighted by Crippen LogP contribution is 2.25. The first-order valence-corrected chi connectivity index (χ1v) is 8.43. The van der Waals surface area contributed by atoms with Gasteiger partial charge >= 0.3 is 0 Å². The molecule has 1 aromatic heterocycles. The smallest absolute Gasteiger partial charge is 0.254 e. The number of aromatic nitrogens is 3. The maximum absolute atomic E-state index is 13.2. The molecule has 1 saturated heterocycles. The van der Waals surface area contributed by atoms with Crippen LogP contribution < -0.4 is 5.32 Å². The zero-order chi connectivity index (χ0) is 18.8. The van der Waals surface area contributed by atoms with E-state index in [4.69, 9.17) is 0 Å². The Bertz CT molecular complexity index is 955. The van der Waals surface area contributed by atoms with Crippen LogP contribution in [0.4, 0.5) is 4.39 Å². The normalized spacial score (nSPS) is 16.9. The van der Waals surface area contributed by atoms with Gasteiger partial charge in [0.15, 0.2) is 0 Å². The molecule has 0 aliphatic carbocycles. The van der Waals surface area contributed by atoms with Crippen LogP contribution in [0.5, 0.6) is 0 Å². The first kappa shape index (κ1) is 16.9. The van der Waals surface area contributed by atoms with Crippen LogP contribution in [0.15, 0.2) is 61.2 Å². The SMILES string of the molecule is O=C1NCCN(C(=O)c2ccc(-n3cnnc3)cc2)C1c1ccc(F)cc1. The summed E-state index contributed by atoms with van der Waals surface area (Å²) in [6.45, 7) is 0.751. The lowest BCUT2D eigenvalue weighted by Crippen LogP contribution is -2.52. The zero-order valence-corrected chi connectivity index (χ0v) is 14.2. The highest BCUT2D eigenvalue weighted by atomic mass is 19.1. The van der Waals surface area contributed by atoms with Gasteiger partial charge in [0.05, 0.1) is 0 Å². The molecule has 136 valence electrons. The van der Waals surface area contributed by atoms with E-state index in [2.05, 4.69) is 15.5 Å². The average molecular weight is 365 g/mol. The van der Waals surface area contributed by atoms with Crippen molar-refractivity contribution in [3.63, 3.8) is 0 Å². The molecule has 27 heavy (non-hydrogen) atoms. The second-order valence-electron chi connectivity index (χ2n) is 6.16. The van der Waals surface area contributed by atoms with Crippen LogP contribution in [0.3, 0.4) is 0 Å². The summed E-state index contributed by atoms with van der Waals surface area (Å²) < 4.78 is 15.0. The molecule has 0 radical (unpaired) electrons. The Hall–Kier alpha value is -3.55. The number of hydrogen-bond donors (Lipinski definition) is 1. The maximum Gasteiger partial charge on any atom is 0.254 e. The minimum absolute atomic E-state index is 0.255. The molecule has 2 amide bonds. The van der Waals surface area contributed by atoms with Gasteiger partial charge in [-0.05, 0) is 42.0 Å². The van der Waals surface area contributed by atoms with Crippen LogP contribution in [-0.2, 0) is 4.79 Å². The van der Waals surface area contributed by atoms with E-state index in [0.29, 0.717) is 24.2 Å². The number of halogens is 1. The lowest BCUT2D eigenvalue weighted by atomic mass is 10.0. The number of nitrogens with zero attached hydrogens (tertiary/aromatic N) is 4. The number of piperazine rings is 1. The van der Waals surface area contributed by atoms with Crippen molar-refractivity contribution in [2.24, 2.45) is 0 Å². The number of nitrogens with one attached hydrogen (secondary N) is 1. The molecule has 1 fully saturated rings. The van der Waals surface area contributed by atoms with E-state index in [1.807, 2.05) is 0 Å². The zero-order valence-electron chi connectivity index (χ0n) is 14.2. The molecule has 1 N–H and O–H groups in total. The fourth-order valence-corrected chi connectivity index (χ4v) is 3.14. The number of rotatable bonds is 3. The largest absolute Gasteiger partial charge is 0.352 e. The lowest BCUT2D eigenvalue weighted by Gasteiger charge is -2.35. The summed E-state index contributed by atoms with van der Waals surface area (Å²) in [7, 11) is 0. The number of benzene rings is 2. The molecule has 3 aromatic rings. The van der Waals surface area contributed by atoms with Crippen molar-refractivity contribution in [2.45, 2.75) is 6.04 Å². The highest BCUT2D eigenvalue weighted by Gasteiger charge is 2.34.